The fourth-order valence-electron chi connectivity index (χ4n) is 4.29. The third kappa shape index (κ3) is 2.37. The number of anilines is 1. The maximum atomic E-state index is 11.8. The summed E-state index contributed by atoms with van der Waals surface area (Å²) in [6, 6.07) is 10.2. The van der Waals surface area contributed by atoms with E-state index in [1.807, 2.05) is 24.3 Å². The first-order valence-corrected chi connectivity index (χ1v) is 9.58. The van der Waals surface area contributed by atoms with E-state index in [1.165, 1.54) is 11.1 Å². The van der Waals surface area contributed by atoms with Crippen molar-refractivity contribution in [1.29, 1.82) is 0 Å². The third-order valence-corrected chi connectivity index (χ3v) is 6.28. The number of carbonyl (C=O) groups excluding carboxylic acids is 1. The van der Waals surface area contributed by atoms with Crippen molar-refractivity contribution in [2.45, 2.75) is 25.3 Å². The summed E-state index contributed by atoms with van der Waals surface area (Å²) in [5.41, 5.74) is 4.25. The van der Waals surface area contributed by atoms with Gasteiger partial charge in [0.2, 0.25) is 6.79 Å². The summed E-state index contributed by atoms with van der Waals surface area (Å²) in [5, 5.41) is 3.71. The summed E-state index contributed by atoms with van der Waals surface area (Å²) in [6.45, 7) is 1.89. The molecule has 2 heterocycles. The molecule has 0 amide bonds. The van der Waals surface area contributed by atoms with Crippen LogP contribution in [0, 0.1) is 5.92 Å². The highest BCUT2D eigenvalue weighted by Crippen LogP contribution is 2.52. The van der Waals surface area contributed by atoms with Crippen LogP contribution in [0.1, 0.15) is 46.8 Å². The second kappa shape index (κ2) is 5.88. The van der Waals surface area contributed by atoms with Crippen LogP contribution in [0.3, 0.4) is 0 Å². The van der Waals surface area contributed by atoms with Gasteiger partial charge in [-0.05, 0) is 60.7 Å². The van der Waals surface area contributed by atoms with E-state index >= 15 is 0 Å². The average molecular weight is 412 g/mol. The van der Waals surface area contributed by atoms with Crippen LogP contribution >= 0.6 is 15.9 Å². The number of fused-ring (bicyclic) bond motifs is 4. The van der Waals surface area contributed by atoms with Gasteiger partial charge in [0.25, 0.3) is 0 Å². The third-order valence-electron chi connectivity index (χ3n) is 5.60. The molecule has 0 radical (unpaired) electrons. The molecule has 26 heavy (non-hydrogen) atoms. The molecular formula is C21H18BrNO3. The van der Waals surface area contributed by atoms with E-state index in [9.17, 15) is 4.79 Å². The lowest BCUT2D eigenvalue weighted by Gasteiger charge is -2.38. The normalized spacial score (nSPS) is 24.8. The van der Waals surface area contributed by atoms with Crippen molar-refractivity contribution in [2.75, 3.05) is 12.1 Å². The van der Waals surface area contributed by atoms with Crippen LogP contribution in [0.4, 0.5) is 5.69 Å². The molecule has 3 aliphatic rings. The number of ether oxygens (including phenoxy) is 2. The number of hydrogen-bond acceptors (Lipinski definition) is 4. The highest BCUT2D eigenvalue weighted by Gasteiger charge is 2.39. The highest BCUT2D eigenvalue weighted by atomic mass is 79.9. The summed E-state index contributed by atoms with van der Waals surface area (Å²) in [6.07, 6.45) is 5.54. The van der Waals surface area contributed by atoms with Gasteiger partial charge in [0.1, 0.15) is 0 Å². The fraction of sp³-hybridized carbons (Fsp3) is 0.286. The lowest BCUT2D eigenvalue weighted by atomic mass is 9.76. The molecule has 5 rings (SSSR count). The van der Waals surface area contributed by atoms with Crippen LogP contribution in [0.5, 0.6) is 11.5 Å². The molecule has 2 aromatic carbocycles. The SMILES string of the molecule is CC(=O)c1ccc2c(c1)[C@H]1C=CC[C@@H]1C(c1cc3c(cc1Br)OCO3)N2. The van der Waals surface area contributed by atoms with Crippen molar-refractivity contribution in [2.24, 2.45) is 5.92 Å². The summed E-state index contributed by atoms with van der Waals surface area (Å²) in [5.74, 6) is 2.40. The van der Waals surface area contributed by atoms with Crippen molar-refractivity contribution in [3.05, 3.63) is 63.6 Å². The average Bonchev–Trinajstić information content (AvgIpc) is 3.29. The molecule has 0 spiro atoms. The Kier molecular flexibility index (Phi) is 3.60. The fourth-order valence-corrected chi connectivity index (χ4v) is 4.86. The minimum Gasteiger partial charge on any atom is -0.454 e. The van der Waals surface area contributed by atoms with Gasteiger partial charge in [0.05, 0.1) is 6.04 Å². The predicted molar refractivity (Wildman–Crippen MR) is 103 cm³/mol. The number of allylic oxidation sites excluding steroid dienone is 2. The molecule has 0 aromatic heterocycles. The van der Waals surface area contributed by atoms with Crippen LogP contribution in [-0.4, -0.2) is 12.6 Å². The first kappa shape index (κ1) is 15.9. The smallest absolute Gasteiger partial charge is 0.231 e. The van der Waals surface area contributed by atoms with E-state index in [4.69, 9.17) is 9.47 Å². The largest absolute Gasteiger partial charge is 0.454 e. The van der Waals surface area contributed by atoms with Gasteiger partial charge in [-0.15, -0.1) is 0 Å². The summed E-state index contributed by atoms with van der Waals surface area (Å²) in [7, 11) is 0. The number of nitrogens with one attached hydrogen (secondary N) is 1. The van der Waals surface area contributed by atoms with Gasteiger partial charge in [-0.2, -0.15) is 0 Å². The zero-order valence-corrected chi connectivity index (χ0v) is 15.9. The molecular weight excluding hydrogens is 394 g/mol. The number of benzene rings is 2. The lowest BCUT2D eigenvalue weighted by molar-refractivity contribution is 0.101. The van der Waals surface area contributed by atoms with Gasteiger partial charge in [-0.3, -0.25) is 4.79 Å². The first-order chi connectivity index (χ1) is 12.6. The Bertz CT molecular complexity index is 953. The summed E-state index contributed by atoms with van der Waals surface area (Å²) in [4.78, 5) is 11.8. The van der Waals surface area contributed by atoms with Crippen LogP contribution in [0.2, 0.25) is 0 Å². The topological polar surface area (TPSA) is 47.6 Å². The molecule has 1 aliphatic carbocycles. The maximum absolute atomic E-state index is 11.8. The Morgan fingerprint density at radius 2 is 1.96 bits per heavy atom. The molecule has 1 N–H and O–H groups in total. The first-order valence-electron chi connectivity index (χ1n) is 8.79. The van der Waals surface area contributed by atoms with E-state index in [2.05, 4.69) is 39.5 Å². The van der Waals surface area contributed by atoms with Crippen molar-refractivity contribution in [3.63, 3.8) is 0 Å². The number of halogens is 1. The molecule has 132 valence electrons. The Labute approximate surface area is 160 Å². The van der Waals surface area contributed by atoms with Crippen LogP contribution in [0.25, 0.3) is 0 Å². The Balaban J connectivity index is 1.59. The number of Topliss-reactive ketones (excluding diaryl/α,β-unsaturated/α-hetero) is 1. The standard InChI is InChI=1S/C21H18BrNO3/c1-11(24)12-5-6-18-15(7-12)13-3-2-4-14(13)21(23-18)16-8-19-20(9-17(16)22)26-10-25-19/h2-3,5-9,13-14,21,23H,4,10H2,1H3/t13-,14-,21?/m0/s1. The van der Waals surface area contributed by atoms with Crippen molar-refractivity contribution in [3.8, 4) is 11.5 Å². The van der Waals surface area contributed by atoms with E-state index in [1.54, 1.807) is 6.92 Å². The summed E-state index contributed by atoms with van der Waals surface area (Å²) >= 11 is 3.71. The monoisotopic (exact) mass is 411 g/mol. The Hall–Kier alpha value is -2.27. The van der Waals surface area contributed by atoms with Crippen molar-refractivity contribution in [1.82, 2.24) is 0 Å². The van der Waals surface area contributed by atoms with E-state index in [0.717, 1.165) is 33.6 Å². The minimum atomic E-state index is 0.104. The van der Waals surface area contributed by atoms with Crippen LogP contribution < -0.4 is 14.8 Å². The molecule has 2 aliphatic heterocycles. The van der Waals surface area contributed by atoms with E-state index < -0.39 is 0 Å². The maximum Gasteiger partial charge on any atom is 0.231 e. The molecule has 1 unspecified atom stereocenters. The van der Waals surface area contributed by atoms with Gasteiger partial charge in [0, 0.05) is 21.6 Å². The van der Waals surface area contributed by atoms with Crippen molar-refractivity contribution < 1.29 is 14.3 Å². The van der Waals surface area contributed by atoms with Crippen molar-refractivity contribution >= 4 is 27.4 Å². The quantitative estimate of drug-likeness (QED) is 0.544. The number of hydrogen-bond donors (Lipinski definition) is 1. The van der Waals surface area contributed by atoms with Gasteiger partial charge in [-0.25, -0.2) is 0 Å². The molecule has 0 saturated carbocycles. The Morgan fingerprint density at radius 1 is 1.15 bits per heavy atom. The summed E-state index contributed by atoms with van der Waals surface area (Å²) < 4.78 is 12.1. The van der Waals surface area contributed by atoms with Gasteiger partial charge < -0.3 is 14.8 Å². The van der Waals surface area contributed by atoms with Gasteiger partial charge >= 0.3 is 0 Å². The minimum absolute atomic E-state index is 0.104. The lowest BCUT2D eigenvalue weighted by Crippen LogP contribution is -2.29. The molecule has 0 saturated heterocycles. The molecule has 0 bridgehead atoms. The zero-order chi connectivity index (χ0) is 17.8. The van der Waals surface area contributed by atoms with E-state index in [-0.39, 0.29) is 18.6 Å². The van der Waals surface area contributed by atoms with E-state index in [0.29, 0.717) is 11.8 Å². The highest BCUT2D eigenvalue weighted by molar-refractivity contribution is 9.10. The molecule has 4 nitrogen and oxygen atoms in total. The van der Waals surface area contributed by atoms with Gasteiger partial charge in [0.15, 0.2) is 17.3 Å². The van der Waals surface area contributed by atoms with Gasteiger partial charge in [-0.1, -0.05) is 28.1 Å². The second-order valence-corrected chi connectivity index (χ2v) is 7.92. The molecule has 5 heteroatoms. The Morgan fingerprint density at radius 3 is 2.77 bits per heavy atom. The second-order valence-electron chi connectivity index (χ2n) is 7.06. The zero-order valence-electron chi connectivity index (χ0n) is 14.3. The molecule has 0 fully saturated rings. The number of ketones is 1. The molecule has 2 aromatic rings. The molecule has 3 atom stereocenters. The van der Waals surface area contributed by atoms with Crippen LogP contribution in [-0.2, 0) is 0 Å². The number of rotatable bonds is 2. The predicted octanol–water partition coefficient (Wildman–Crippen LogP) is 5.21. The number of carbonyl (C=O) groups is 1. The van der Waals surface area contributed by atoms with Crippen LogP contribution in [0.15, 0.2) is 47.0 Å².